The molecule has 1 amide bonds. The van der Waals surface area contributed by atoms with Gasteiger partial charge in [-0.15, -0.1) is 0 Å². The average molecular weight is 385 g/mol. The fraction of sp³-hybridized carbons (Fsp3) is 0.238. The number of aryl methyl sites for hydroxylation is 1. The van der Waals surface area contributed by atoms with Gasteiger partial charge in [-0.1, -0.05) is 41.1 Å². The molecule has 2 aromatic carbocycles. The summed E-state index contributed by atoms with van der Waals surface area (Å²) in [7, 11) is 3.51. The molecule has 1 heterocycles. The van der Waals surface area contributed by atoms with Crippen LogP contribution in [0.4, 0.5) is 8.78 Å². The molecule has 1 aromatic heterocycles. The first-order valence-corrected chi connectivity index (χ1v) is 8.78. The van der Waals surface area contributed by atoms with E-state index in [1.54, 1.807) is 25.1 Å². The lowest BCUT2D eigenvalue weighted by Crippen LogP contribution is -2.35. The van der Waals surface area contributed by atoms with Crippen LogP contribution in [0.3, 0.4) is 0 Å². The SMILES string of the molecule is Cc1ccc(-c2cc(C(=O)NC[C@@H](c3ccc(F)cc3F)N(C)C)no2)cc1. The maximum absolute atomic E-state index is 14.1. The Hall–Kier alpha value is -3.06. The second kappa shape index (κ2) is 8.31. The second-order valence-corrected chi connectivity index (χ2v) is 6.80. The van der Waals surface area contributed by atoms with Gasteiger partial charge in [-0.2, -0.15) is 0 Å². The van der Waals surface area contributed by atoms with Crippen molar-refractivity contribution in [3.05, 3.63) is 77.0 Å². The standard InChI is InChI=1S/C21H21F2N3O2/c1-13-4-6-14(7-5-13)20-11-18(25-28-20)21(27)24-12-19(26(2)3)16-9-8-15(22)10-17(16)23/h4-11,19H,12H2,1-3H3,(H,24,27)/t19-/m0/s1. The van der Waals surface area contributed by atoms with Crippen molar-refractivity contribution in [3.63, 3.8) is 0 Å². The van der Waals surface area contributed by atoms with Crippen molar-refractivity contribution in [3.8, 4) is 11.3 Å². The number of halogens is 2. The third kappa shape index (κ3) is 4.43. The molecule has 0 radical (unpaired) electrons. The fourth-order valence-corrected chi connectivity index (χ4v) is 2.86. The largest absolute Gasteiger partial charge is 0.355 e. The molecule has 0 aliphatic rings. The number of hydrogen-bond acceptors (Lipinski definition) is 4. The number of rotatable bonds is 6. The number of nitrogens with zero attached hydrogens (tertiary/aromatic N) is 2. The van der Waals surface area contributed by atoms with E-state index in [2.05, 4.69) is 10.5 Å². The molecule has 0 saturated heterocycles. The highest BCUT2D eigenvalue weighted by Crippen LogP contribution is 2.23. The van der Waals surface area contributed by atoms with Crippen LogP contribution in [0, 0.1) is 18.6 Å². The van der Waals surface area contributed by atoms with Crippen molar-refractivity contribution >= 4 is 5.91 Å². The zero-order valence-corrected chi connectivity index (χ0v) is 15.9. The third-order valence-corrected chi connectivity index (χ3v) is 4.48. The predicted octanol–water partition coefficient (Wildman–Crippen LogP) is 3.96. The summed E-state index contributed by atoms with van der Waals surface area (Å²) in [6.07, 6.45) is 0. The van der Waals surface area contributed by atoms with E-state index in [4.69, 9.17) is 4.52 Å². The van der Waals surface area contributed by atoms with Gasteiger partial charge in [0, 0.05) is 29.8 Å². The Morgan fingerprint density at radius 3 is 2.50 bits per heavy atom. The van der Waals surface area contributed by atoms with Gasteiger partial charge in [0.2, 0.25) is 0 Å². The number of amides is 1. The Kier molecular flexibility index (Phi) is 5.84. The van der Waals surface area contributed by atoms with Crippen LogP contribution in [0.5, 0.6) is 0 Å². The summed E-state index contributed by atoms with van der Waals surface area (Å²) in [5.74, 6) is -1.25. The van der Waals surface area contributed by atoms with E-state index in [1.807, 2.05) is 31.2 Å². The van der Waals surface area contributed by atoms with E-state index in [-0.39, 0.29) is 12.2 Å². The molecular formula is C21H21F2N3O2. The highest BCUT2D eigenvalue weighted by molar-refractivity contribution is 5.93. The van der Waals surface area contributed by atoms with Gasteiger partial charge in [-0.3, -0.25) is 4.79 Å². The molecule has 0 unspecified atom stereocenters. The van der Waals surface area contributed by atoms with Gasteiger partial charge >= 0.3 is 0 Å². The van der Waals surface area contributed by atoms with Crippen LogP contribution in [0.15, 0.2) is 53.1 Å². The minimum absolute atomic E-state index is 0.126. The highest BCUT2D eigenvalue weighted by atomic mass is 19.1. The first-order chi connectivity index (χ1) is 13.3. The Morgan fingerprint density at radius 1 is 1.14 bits per heavy atom. The summed E-state index contributed by atoms with van der Waals surface area (Å²) in [5, 5.41) is 6.55. The van der Waals surface area contributed by atoms with Crippen LogP contribution in [0.1, 0.15) is 27.7 Å². The predicted molar refractivity (Wildman–Crippen MR) is 102 cm³/mol. The molecule has 1 N–H and O–H groups in total. The van der Waals surface area contributed by atoms with Crippen molar-refractivity contribution in [2.75, 3.05) is 20.6 Å². The van der Waals surface area contributed by atoms with Crippen LogP contribution >= 0.6 is 0 Å². The highest BCUT2D eigenvalue weighted by Gasteiger charge is 2.21. The minimum atomic E-state index is -0.656. The van der Waals surface area contributed by atoms with Crippen LogP contribution in [-0.2, 0) is 0 Å². The summed E-state index contributed by atoms with van der Waals surface area (Å²) >= 11 is 0. The molecule has 0 fully saturated rings. The molecule has 0 aliphatic heterocycles. The van der Waals surface area contributed by atoms with Crippen LogP contribution in [0.2, 0.25) is 0 Å². The van der Waals surface area contributed by atoms with Crippen molar-refractivity contribution < 1.29 is 18.1 Å². The Labute approximate surface area is 162 Å². The lowest BCUT2D eigenvalue weighted by Gasteiger charge is -2.25. The number of hydrogen-bond donors (Lipinski definition) is 1. The zero-order valence-electron chi connectivity index (χ0n) is 15.9. The van der Waals surface area contributed by atoms with Gasteiger partial charge in [-0.05, 0) is 27.1 Å². The average Bonchev–Trinajstić information content (AvgIpc) is 3.14. The molecule has 146 valence electrons. The lowest BCUT2D eigenvalue weighted by molar-refractivity contribution is 0.0932. The van der Waals surface area contributed by atoms with Crippen molar-refractivity contribution in [1.29, 1.82) is 0 Å². The Morgan fingerprint density at radius 2 is 1.86 bits per heavy atom. The number of aromatic nitrogens is 1. The number of nitrogens with one attached hydrogen (secondary N) is 1. The topological polar surface area (TPSA) is 58.4 Å². The van der Waals surface area contributed by atoms with Gasteiger partial charge in [0.15, 0.2) is 11.5 Å². The van der Waals surface area contributed by atoms with Crippen LogP contribution in [-0.4, -0.2) is 36.6 Å². The van der Waals surface area contributed by atoms with Gasteiger partial charge < -0.3 is 14.7 Å². The molecule has 3 aromatic rings. The Balaban J connectivity index is 1.71. The normalized spacial score (nSPS) is 12.2. The van der Waals surface area contributed by atoms with Gasteiger partial charge in [-0.25, -0.2) is 8.78 Å². The fourth-order valence-electron chi connectivity index (χ4n) is 2.86. The molecule has 28 heavy (non-hydrogen) atoms. The lowest BCUT2D eigenvalue weighted by atomic mass is 10.0. The summed E-state index contributed by atoms with van der Waals surface area (Å²) in [6.45, 7) is 2.11. The first kappa shape index (κ1) is 19.7. The van der Waals surface area contributed by atoms with E-state index in [0.717, 1.165) is 17.2 Å². The maximum Gasteiger partial charge on any atom is 0.273 e. The third-order valence-electron chi connectivity index (χ3n) is 4.48. The van der Waals surface area contributed by atoms with Crippen LogP contribution in [0.25, 0.3) is 11.3 Å². The van der Waals surface area contributed by atoms with E-state index >= 15 is 0 Å². The number of carbonyl (C=O) groups is 1. The van der Waals surface area contributed by atoms with E-state index < -0.39 is 23.6 Å². The molecule has 0 bridgehead atoms. The van der Waals surface area contributed by atoms with E-state index in [1.165, 1.54) is 12.1 Å². The van der Waals surface area contributed by atoms with Crippen LogP contribution < -0.4 is 5.32 Å². The van der Waals surface area contributed by atoms with E-state index in [9.17, 15) is 13.6 Å². The molecule has 1 atom stereocenters. The summed E-state index contributed by atoms with van der Waals surface area (Å²) in [5.41, 5.74) is 2.36. The van der Waals surface area contributed by atoms with Crippen molar-refractivity contribution in [2.45, 2.75) is 13.0 Å². The Bertz CT molecular complexity index is 968. The molecule has 0 spiro atoms. The number of likely N-dealkylation sites (N-methyl/N-ethyl adjacent to an activating group) is 1. The summed E-state index contributed by atoms with van der Waals surface area (Å²) in [6, 6.07) is 12.2. The van der Waals surface area contributed by atoms with Gasteiger partial charge in [0.1, 0.15) is 11.6 Å². The molecule has 3 rings (SSSR count). The van der Waals surface area contributed by atoms with Crippen molar-refractivity contribution in [1.82, 2.24) is 15.4 Å². The van der Waals surface area contributed by atoms with Gasteiger partial charge in [0.25, 0.3) is 5.91 Å². The monoisotopic (exact) mass is 385 g/mol. The van der Waals surface area contributed by atoms with E-state index in [0.29, 0.717) is 11.3 Å². The van der Waals surface area contributed by atoms with Gasteiger partial charge in [0.05, 0.1) is 6.04 Å². The number of benzene rings is 2. The molecule has 0 aliphatic carbocycles. The quantitative estimate of drug-likeness (QED) is 0.698. The summed E-state index contributed by atoms with van der Waals surface area (Å²) < 4.78 is 32.6. The molecular weight excluding hydrogens is 364 g/mol. The molecule has 0 saturated carbocycles. The first-order valence-electron chi connectivity index (χ1n) is 8.78. The van der Waals surface area contributed by atoms with Crippen molar-refractivity contribution in [2.24, 2.45) is 0 Å². The number of carbonyl (C=O) groups excluding carboxylic acids is 1. The second-order valence-electron chi connectivity index (χ2n) is 6.80. The maximum atomic E-state index is 14.1. The zero-order chi connectivity index (χ0) is 20.3. The molecule has 7 heteroatoms. The summed E-state index contributed by atoms with van der Waals surface area (Å²) in [4.78, 5) is 14.2. The molecule has 5 nitrogen and oxygen atoms in total. The minimum Gasteiger partial charge on any atom is -0.355 e. The smallest absolute Gasteiger partial charge is 0.273 e.